The zero-order valence-corrected chi connectivity index (χ0v) is 20.5. The molecule has 0 aromatic carbocycles. The topological polar surface area (TPSA) is 110 Å². The van der Waals surface area contributed by atoms with Crippen molar-refractivity contribution >= 4 is 16.8 Å². The Labute approximate surface area is 212 Å². The first-order chi connectivity index (χ1) is 16.9. The van der Waals surface area contributed by atoms with Gasteiger partial charge in [0.2, 0.25) is 5.88 Å². The highest BCUT2D eigenvalue weighted by molar-refractivity contribution is 5.78. The molecule has 0 bridgehead atoms. The van der Waals surface area contributed by atoms with Gasteiger partial charge in [-0.1, -0.05) is 7.43 Å². The lowest BCUT2D eigenvalue weighted by Gasteiger charge is -2.16. The van der Waals surface area contributed by atoms with E-state index >= 15 is 0 Å². The van der Waals surface area contributed by atoms with E-state index in [9.17, 15) is 9.90 Å². The molecule has 2 N–H and O–H groups in total. The van der Waals surface area contributed by atoms with Gasteiger partial charge in [-0.25, -0.2) is 4.98 Å². The number of ether oxygens (including phenoxy) is 2. The lowest BCUT2D eigenvalue weighted by Crippen LogP contribution is -2.30. The number of aryl methyl sites for hydroxylation is 1. The Kier molecular flexibility index (Phi) is 9.69. The fourth-order valence-corrected chi connectivity index (χ4v) is 4.40. The van der Waals surface area contributed by atoms with E-state index in [0.29, 0.717) is 31.3 Å². The molecule has 2 atom stereocenters. The maximum Gasteiger partial charge on any atom is 0.213 e. The first-order valence-corrected chi connectivity index (χ1v) is 11.9. The van der Waals surface area contributed by atoms with Crippen LogP contribution in [-0.4, -0.2) is 76.7 Å². The molecule has 1 fully saturated rings. The number of hydrogen-bond donors (Lipinski definition) is 2. The van der Waals surface area contributed by atoms with Crippen molar-refractivity contribution in [3.05, 3.63) is 53.5 Å². The van der Waals surface area contributed by atoms with Crippen LogP contribution in [0.1, 0.15) is 31.3 Å². The van der Waals surface area contributed by atoms with Gasteiger partial charge in [0, 0.05) is 50.9 Å². The quantitative estimate of drug-likeness (QED) is 0.415. The van der Waals surface area contributed by atoms with Gasteiger partial charge in [0.15, 0.2) is 5.78 Å². The smallest absolute Gasteiger partial charge is 0.213 e. The number of aromatic nitrogens is 3. The van der Waals surface area contributed by atoms with E-state index in [2.05, 4.69) is 25.2 Å². The van der Waals surface area contributed by atoms with Crippen LogP contribution in [0.4, 0.5) is 0 Å². The molecule has 0 amide bonds. The molecule has 0 radical (unpaired) electrons. The summed E-state index contributed by atoms with van der Waals surface area (Å²) in [5.74, 6) is 1.34. The maximum absolute atomic E-state index is 11.1. The number of aliphatic hydroxyl groups is 1. The molecule has 9 heteroatoms. The number of Topliss-reactive ketones (excluding diaryl/α,β-unsaturated/α-hetero) is 1. The Bertz CT molecular complexity index is 1170. The normalized spacial score (nSPS) is 17.7. The van der Waals surface area contributed by atoms with Crippen LogP contribution in [0.3, 0.4) is 0 Å². The number of hydrogen-bond acceptors (Lipinski definition) is 9. The van der Waals surface area contributed by atoms with Gasteiger partial charge in [-0.15, -0.1) is 0 Å². The second kappa shape index (κ2) is 12.7. The standard InChI is InChI=1S/C26H33N5O4.CH4/c1-17(32)16-35-24-6-4-21(29-18(24)2)13-27-12-20-14-31(15-23(20)33)11-9-19-8-10-28-22-5-7-25(34-3)30-26(19)22;/h4-8,10,20,23,27,33H,9,11-16H2,1-3H3;1H4. The minimum Gasteiger partial charge on any atom is -0.484 e. The minimum absolute atomic E-state index is 0. The maximum atomic E-state index is 11.1. The minimum atomic E-state index is -0.369. The van der Waals surface area contributed by atoms with Crippen LogP contribution in [0.25, 0.3) is 11.0 Å². The van der Waals surface area contributed by atoms with E-state index in [4.69, 9.17) is 9.47 Å². The van der Waals surface area contributed by atoms with Crippen LogP contribution in [-0.2, 0) is 17.8 Å². The van der Waals surface area contributed by atoms with Crippen molar-refractivity contribution < 1.29 is 19.4 Å². The summed E-state index contributed by atoms with van der Waals surface area (Å²) in [6.07, 6.45) is 2.27. The number of likely N-dealkylation sites (tertiary alicyclic amines) is 1. The van der Waals surface area contributed by atoms with Gasteiger partial charge in [0.25, 0.3) is 0 Å². The first kappa shape index (κ1) is 27.4. The molecule has 4 rings (SSSR count). The number of methoxy groups -OCH3 is 1. The summed E-state index contributed by atoms with van der Waals surface area (Å²) in [4.78, 5) is 26.9. The molecule has 4 heterocycles. The Balaban J connectivity index is 0.00000361. The number of nitrogens with one attached hydrogen (secondary N) is 1. The molecule has 0 aliphatic carbocycles. The highest BCUT2D eigenvalue weighted by Crippen LogP contribution is 2.21. The SMILES string of the molecule is C.COc1ccc2nccc(CCN3CC(O)C(CNCc4ccc(OCC(C)=O)c(C)n4)C3)c2n1. The predicted molar refractivity (Wildman–Crippen MR) is 139 cm³/mol. The van der Waals surface area contributed by atoms with Crippen LogP contribution >= 0.6 is 0 Å². The fraction of sp³-hybridized carbons (Fsp3) is 0.481. The molecule has 36 heavy (non-hydrogen) atoms. The average molecular weight is 496 g/mol. The van der Waals surface area contributed by atoms with E-state index in [-0.39, 0.29) is 31.8 Å². The summed E-state index contributed by atoms with van der Waals surface area (Å²) >= 11 is 0. The lowest BCUT2D eigenvalue weighted by atomic mass is 10.1. The van der Waals surface area contributed by atoms with Crippen LogP contribution in [0.2, 0.25) is 0 Å². The molecule has 9 nitrogen and oxygen atoms in total. The third kappa shape index (κ3) is 6.96. The van der Waals surface area contributed by atoms with E-state index in [1.54, 1.807) is 7.11 Å². The zero-order valence-electron chi connectivity index (χ0n) is 20.5. The van der Waals surface area contributed by atoms with Gasteiger partial charge in [-0.05, 0) is 50.1 Å². The highest BCUT2D eigenvalue weighted by atomic mass is 16.5. The number of aliphatic hydroxyl groups excluding tert-OH is 1. The van der Waals surface area contributed by atoms with Gasteiger partial charge in [0.05, 0.1) is 35.6 Å². The number of nitrogens with zero attached hydrogens (tertiary/aromatic N) is 4. The number of pyridine rings is 3. The molecule has 1 saturated heterocycles. The van der Waals surface area contributed by atoms with Crippen molar-refractivity contribution in [1.29, 1.82) is 0 Å². The van der Waals surface area contributed by atoms with Gasteiger partial charge in [0.1, 0.15) is 12.4 Å². The van der Waals surface area contributed by atoms with Crippen LogP contribution in [0, 0.1) is 12.8 Å². The molecule has 1 aliphatic rings. The summed E-state index contributed by atoms with van der Waals surface area (Å²) in [6.45, 7) is 7.06. The van der Waals surface area contributed by atoms with Gasteiger partial charge in [-0.3, -0.25) is 14.8 Å². The third-order valence-corrected chi connectivity index (χ3v) is 6.27. The summed E-state index contributed by atoms with van der Waals surface area (Å²) in [7, 11) is 1.61. The largest absolute Gasteiger partial charge is 0.484 e. The van der Waals surface area contributed by atoms with Crippen LogP contribution < -0.4 is 14.8 Å². The lowest BCUT2D eigenvalue weighted by molar-refractivity contribution is -0.118. The fourth-order valence-electron chi connectivity index (χ4n) is 4.40. The van der Waals surface area contributed by atoms with Crippen molar-refractivity contribution in [2.24, 2.45) is 5.92 Å². The second-order valence-electron chi connectivity index (χ2n) is 9.04. The van der Waals surface area contributed by atoms with Crippen LogP contribution in [0.15, 0.2) is 36.5 Å². The van der Waals surface area contributed by atoms with Gasteiger partial charge >= 0.3 is 0 Å². The first-order valence-electron chi connectivity index (χ1n) is 11.9. The number of fused-ring (bicyclic) bond motifs is 1. The molecule has 3 aromatic rings. The Morgan fingerprint density at radius 3 is 2.78 bits per heavy atom. The molecule has 0 saturated carbocycles. The number of carbonyl (C=O) groups excluding carboxylic acids is 1. The summed E-state index contributed by atoms with van der Waals surface area (Å²) < 4.78 is 10.7. The average Bonchev–Trinajstić information content (AvgIpc) is 3.20. The molecular weight excluding hydrogens is 458 g/mol. The Morgan fingerprint density at radius 2 is 2.03 bits per heavy atom. The molecule has 2 unspecified atom stereocenters. The number of rotatable bonds is 11. The molecule has 0 spiro atoms. The van der Waals surface area contributed by atoms with E-state index < -0.39 is 0 Å². The molecule has 1 aliphatic heterocycles. The highest BCUT2D eigenvalue weighted by Gasteiger charge is 2.30. The van der Waals surface area contributed by atoms with Crippen molar-refractivity contribution in [1.82, 2.24) is 25.2 Å². The second-order valence-corrected chi connectivity index (χ2v) is 9.04. The van der Waals surface area contributed by atoms with Crippen LogP contribution in [0.5, 0.6) is 11.6 Å². The third-order valence-electron chi connectivity index (χ3n) is 6.27. The molecular formula is C27H37N5O4. The van der Waals surface area contributed by atoms with E-state index in [1.807, 2.05) is 43.5 Å². The number of carbonyl (C=O) groups is 1. The van der Waals surface area contributed by atoms with Crippen molar-refractivity contribution in [3.8, 4) is 11.6 Å². The Hall–Kier alpha value is -3.14. The monoisotopic (exact) mass is 495 g/mol. The molecule has 194 valence electrons. The number of β-amino-alcohol motifs (C(OH)–C–C–N with tert-alkyl or cyclic N) is 1. The van der Waals surface area contributed by atoms with Crippen molar-refractivity contribution in [2.75, 3.05) is 39.9 Å². The summed E-state index contributed by atoms with van der Waals surface area (Å²) in [5.41, 5.74) is 4.50. The molecule has 3 aromatic heterocycles. The van der Waals surface area contributed by atoms with Gasteiger partial charge < -0.3 is 24.8 Å². The zero-order chi connectivity index (χ0) is 24.8. The predicted octanol–water partition coefficient (Wildman–Crippen LogP) is 2.57. The van der Waals surface area contributed by atoms with E-state index in [1.165, 1.54) is 6.92 Å². The van der Waals surface area contributed by atoms with Crippen molar-refractivity contribution in [3.63, 3.8) is 0 Å². The van der Waals surface area contributed by atoms with Crippen molar-refractivity contribution in [2.45, 2.75) is 40.3 Å². The Morgan fingerprint density at radius 1 is 1.19 bits per heavy atom. The summed E-state index contributed by atoms with van der Waals surface area (Å²) in [5, 5.41) is 14.0. The summed E-state index contributed by atoms with van der Waals surface area (Å²) in [6, 6.07) is 9.50. The van der Waals surface area contributed by atoms with Gasteiger partial charge in [-0.2, -0.15) is 0 Å². The van der Waals surface area contributed by atoms with E-state index in [0.717, 1.165) is 47.5 Å². The number of ketones is 1.